The number of aryl methyl sites for hydroxylation is 1. The molecular weight excluding hydrogens is 322 g/mol. The van der Waals surface area contributed by atoms with E-state index in [2.05, 4.69) is 4.98 Å². The highest BCUT2D eigenvalue weighted by Gasteiger charge is 2.21. The van der Waals surface area contributed by atoms with E-state index in [9.17, 15) is 13.2 Å². The quantitative estimate of drug-likeness (QED) is 0.931. The number of thiazole rings is 1. The number of hydrogen-bond donors (Lipinski definition) is 1. The van der Waals surface area contributed by atoms with Crippen LogP contribution in [0.4, 0.5) is 0 Å². The molecule has 0 amide bonds. The fraction of sp³-hybridized carbons (Fsp3) is 0.167. The van der Waals surface area contributed by atoms with Gasteiger partial charge in [-0.3, -0.25) is 0 Å². The third kappa shape index (κ3) is 3.17. The van der Waals surface area contributed by atoms with E-state index in [-0.39, 0.29) is 21.2 Å². The van der Waals surface area contributed by atoms with Gasteiger partial charge in [-0.25, -0.2) is 18.2 Å². The molecule has 106 valence electrons. The lowest BCUT2D eigenvalue weighted by Crippen LogP contribution is -2.08. The summed E-state index contributed by atoms with van der Waals surface area (Å²) in [6.07, 6.45) is 0. The average Bonchev–Trinajstić information content (AvgIpc) is 2.73. The van der Waals surface area contributed by atoms with Gasteiger partial charge in [0.1, 0.15) is 0 Å². The van der Waals surface area contributed by atoms with Gasteiger partial charge in [0.2, 0.25) is 0 Å². The maximum absolute atomic E-state index is 12.3. The lowest BCUT2D eigenvalue weighted by molar-refractivity contribution is 0.0696. The summed E-state index contributed by atoms with van der Waals surface area (Å²) < 4.78 is 24.6. The Labute approximate surface area is 124 Å². The molecule has 0 aliphatic carbocycles. The van der Waals surface area contributed by atoms with Crippen LogP contribution in [0.5, 0.6) is 0 Å². The molecule has 0 saturated heterocycles. The van der Waals surface area contributed by atoms with E-state index in [4.69, 9.17) is 16.7 Å². The molecule has 8 heteroatoms. The predicted molar refractivity (Wildman–Crippen MR) is 76.2 cm³/mol. The minimum Gasteiger partial charge on any atom is -0.478 e. The number of carboxylic acids is 1. The zero-order valence-electron chi connectivity index (χ0n) is 10.3. The van der Waals surface area contributed by atoms with E-state index in [1.807, 2.05) is 0 Å². The summed E-state index contributed by atoms with van der Waals surface area (Å²) in [5, 5.41) is 11.3. The second kappa shape index (κ2) is 5.51. The Morgan fingerprint density at radius 2 is 2.15 bits per heavy atom. The van der Waals surface area contributed by atoms with Crippen LogP contribution in [0.1, 0.15) is 21.1 Å². The van der Waals surface area contributed by atoms with Gasteiger partial charge in [0.25, 0.3) is 0 Å². The molecule has 0 unspecified atom stereocenters. The van der Waals surface area contributed by atoms with Crippen molar-refractivity contribution in [3.05, 3.63) is 44.9 Å². The second-order valence-electron chi connectivity index (χ2n) is 4.07. The van der Waals surface area contributed by atoms with Crippen LogP contribution in [0.25, 0.3) is 0 Å². The topological polar surface area (TPSA) is 84.3 Å². The van der Waals surface area contributed by atoms with Gasteiger partial charge in [-0.1, -0.05) is 11.6 Å². The number of rotatable bonds is 4. The molecule has 0 spiro atoms. The SMILES string of the molecule is Cc1nc(CS(=O)(=O)c2cc(C(=O)O)ccc2Cl)cs1. The van der Waals surface area contributed by atoms with Crippen molar-refractivity contribution in [3.8, 4) is 0 Å². The Morgan fingerprint density at radius 1 is 1.45 bits per heavy atom. The molecular formula is C12H10ClNO4S2. The van der Waals surface area contributed by atoms with Gasteiger partial charge in [0.15, 0.2) is 9.84 Å². The molecule has 0 radical (unpaired) electrons. The first kappa shape index (κ1) is 15.0. The van der Waals surface area contributed by atoms with Crippen LogP contribution in [0.2, 0.25) is 5.02 Å². The number of benzene rings is 1. The van der Waals surface area contributed by atoms with Crippen molar-refractivity contribution in [3.63, 3.8) is 0 Å². The predicted octanol–water partition coefficient (Wildman–Crippen LogP) is 2.78. The largest absolute Gasteiger partial charge is 0.478 e. The van der Waals surface area contributed by atoms with E-state index >= 15 is 0 Å². The van der Waals surface area contributed by atoms with Gasteiger partial charge in [-0.05, 0) is 25.1 Å². The van der Waals surface area contributed by atoms with Crippen molar-refractivity contribution in [2.75, 3.05) is 0 Å². The van der Waals surface area contributed by atoms with Gasteiger partial charge in [-0.2, -0.15) is 0 Å². The molecule has 20 heavy (non-hydrogen) atoms. The van der Waals surface area contributed by atoms with Crippen molar-refractivity contribution in [1.29, 1.82) is 0 Å². The van der Waals surface area contributed by atoms with E-state index < -0.39 is 15.8 Å². The normalized spacial score (nSPS) is 11.5. The van der Waals surface area contributed by atoms with Gasteiger partial charge < -0.3 is 5.11 Å². The van der Waals surface area contributed by atoms with E-state index in [1.54, 1.807) is 12.3 Å². The molecule has 0 aliphatic rings. The summed E-state index contributed by atoms with van der Waals surface area (Å²) in [4.78, 5) is 14.8. The second-order valence-corrected chi connectivity index (χ2v) is 7.49. The Balaban J connectivity index is 2.43. The number of sulfone groups is 1. The maximum atomic E-state index is 12.3. The van der Waals surface area contributed by atoms with E-state index in [0.717, 1.165) is 11.1 Å². The molecule has 0 atom stereocenters. The van der Waals surface area contributed by atoms with Crippen LogP contribution in [0.15, 0.2) is 28.5 Å². The first-order valence-electron chi connectivity index (χ1n) is 5.46. The average molecular weight is 332 g/mol. The van der Waals surface area contributed by atoms with Crippen LogP contribution < -0.4 is 0 Å². The van der Waals surface area contributed by atoms with Crippen molar-refractivity contribution in [2.24, 2.45) is 0 Å². The van der Waals surface area contributed by atoms with Crippen LogP contribution >= 0.6 is 22.9 Å². The monoisotopic (exact) mass is 331 g/mol. The van der Waals surface area contributed by atoms with Gasteiger partial charge in [0.05, 0.1) is 31.9 Å². The number of hydrogen-bond acceptors (Lipinski definition) is 5. The molecule has 1 aromatic carbocycles. The lowest BCUT2D eigenvalue weighted by Gasteiger charge is -2.06. The number of halogens is 1. The van der Waals surface area contributed by atoms with Crippen LogP contribution in [-0.2, 0) is 15.6 Å². The van der Waals surface area contributed by atoms with Gasteiger partial charge >= 0.3 is 5.97 Å². The number of nitrogens with zero attached hydrogens (tertiary/aromatic N) is 1. The number of carboxylic acid groups (broad SMARTS) is 1. The zero-order chi connectivity index (χ0) is 14.9. The summed E-state index contributed by atoms with van der Waals surface area (Å²) in [5.41, 5.74) is 0.298. The third-order valence-corrected chi connectivity index (χ3v) is 5.47. The minimum atomic E-state index is -3.74. The Morgan fingerprint density at radius 3 is 2.70 bits per heavy atom. The summed E-state index contributed by atoms with van der Waals surface area (Å²) in [5.74, 6) is -1.51. The van der Waals surface area contributed by atoms with Crippen molar-refractivity contribution < 1.29 is 18.3 Å². The summed E-state index contributed by atoms with van der Waals surface area (Å²) in [6, 6.07) is 3.60. The van der Waals surface area contributed by atoms with Gasteiger partial charge in [0, 0.05) is 5.38 Å². The molecule has 2 aromatic rings. The van der Waals surface area contributed by atoms with Crippen molar-refractivity contribution in [2.45, 2.75) is 17.6 Å². The van der Waals surface area contributed by atoms with Crippen LogP contribution in [0, 0.1) is 6.92 Å². The molecule has 0 aliphatic heterocycles. The highest BCUT2D eigenvalue weighted by molar-refractivity contribution is 7.90. The van der Waals surface area contributed by atoms with Gasteiger partial charge in [-0.15, -0.1) is 11.3 Å². The first-order chi connectivity index (χ1) is 9.29. The van der Waals surface area contributed by atoms with Crippen LogP contribution in [0.3, 0.4) is 0 Å². The fourth-order valence-corrected chi connectivity index (χ4v) is 4.17. The zero-order valence-corrected chi connectivity index (χ0v) is 12.7. The number of aromatic nitrogens is 1. The molecule has 1 heterocycles. The molecule has 1 N–H and O–H groups in total. The van der Waals surface area contributed by atoms with Crippen molar-refractivity contribution >= 4 is 38.7 Å². The molecule has 0 bridgehead atoms. The maximum Gasteiger partial charge on any atom is 0.335 e. The van der Waals surface area contributed by atoms with Crippen molar-refractivity contribution in [1.82, 2.24) is 4.98 Å². The molecule has 1 aromatic heterocycles. The molecule has 5 nitrogen and oxygen atoms in total. The molecule has 2 rings (SSSR count). The summed E-state index contributed by atoms with van der Waals surface area (Å²) in [6.45, 7) is 1.78. The fourth-order valence-electron chi connectivity index (χ4n) is 1.62. The standard InChI is InChI=1S/C12H10ClNO4S2/c1-7-14-9(5-19-7)6-20(17,18)11-4-8(12(15)16)2-3-10(11)13/h2-5H,6H2,1H3,(H,15,16). The highest BCUT2D eigenvalue weighted by atomic mass is 35.5. The molecule has 0 saturated carbocycles. The highest BCUT2D eigenvalue weighted by Crippen LogP contribution is 2.26. The Bertz CT molecular complexity index is 768. The number of aromatic carboxylic acids is 1. The Kier molecular flexibility index (Phi) is 4.12. The van der Waals surface area contributed by atoms with E-state index in [0.29, 0.717) is 5.69 Å². The molecule has 0 fully saturated rings. The Hall–Kier alpha value is -1.44. The number of carbonyl (C=O) groups is 1. The summed E-state index contributed by atoms with van der Waals surface area (Å²) in [7, 11) is -3.74. The summed E-state index contributed by atoms with van der Waals surface area (Å²) >= 11 is 7.22. The third-order valence-electron chi connectivity index (χ3n) is 2.52. The minimum absolute atomic E-state index is 0.00181. The smallest absolute Gasteiger partial charge is 0.335 e. The van der Waals surface area contributed by atoms with E-state index in [1.165, 1.54) is 23.5 Å². The van der Waals surface area contributed by atoms with Crippen LogP contribution in [-0.4, -0.2) is 24.5 Å². The lowest BCUT2D eigenvalue weighted by atomic mass is 10.2. The first-order valence-corrected chi connectivity index (χ1v) is 8.37.